The summed E-state index contributed by atoms with van der Waals surface area (Å²) in [5.41, 5.74) is 7.48. The van der Waals surface area contributed by atoms with E-state index in [2.05, 4.69) is 21.4 Å². The van der Waals surface area contributed by atoms with E-state index in [1.165, 1.54) is 18.6 Å². The van der Waals surface area contributed by atoms with Gasteiger partial charge in [-0.05, 0) is 42.0 Å². The van der Waals surface area contributed by atoms with Crippen molar-refractivity contribution in [2.24, 2.45) is 0 Å². The first-order chi connectivity index (χ1) is 15.7. The van der Waals surface area contributed by atoms with Gasteiger partial charge in [0, 0.05) is 30.1 Å². The minimum atomic E-state index is -3.11. The molecule has 1 saturated heterocycles. The highest BCUT2D eigenvalue weighted by Crippen LogP contribution is 2.39. The molecule has 1 fully saturated rings. The van der Waals surface area contributed by atoms with Gasteiger partial charge in [0.2, 0.25) is 5.88 Å². The van der Waals surface area contributed by atoms with E-state index in [1.807, 2.05) is 53.4 Å². The fourth-order valence-electron chi connectivity index (χ4n) is 3.69. The van der Waals surface area contributed by atoms with E-state index >= 15 is 0 Å². The molecule has 0 aliphatic carbocycles. The first-order valence-corrected chi connectivity index (χ1v) is 12.7. The predicted octanol–water partition coefficient (Wildman–Crippen LogP) is 3.88. The standard InChI is InChI=1S/C23H24ClN5O3S/c1-16-28(10-11-33(2,30)31)15-21(29(16)19-8-6-18(24)7-9-19)17-4-3-5-20(12-17)32-23-14-26-22(25)13-27-23/h3-9,12-14,21H,1,10-11,15H2,2H3,(H2,25,26)/t21-/m1/s1. The molecule has 1 aromatic heterocycles. The van der Waals surface area contributed by atoms with E-state index in [4.69, 9.17) is 22.1 Å². The Hall–Kier alpha value is -3.30. The highest BCUT2D eigenvalue weighted by Gasteiger charge is 2.35. The molecule has 10 heteroatoms. The van der Waals surface area contributed by atoms with Crippen LogP contribution in [-0.4, -0.2) is 48.4 Å². The van der Waals surface area contributed by atoms with Gasteiger partial charge in [0.15, 0.2) is 0 Å². The van der Waals surface area contributed by atoms with Crippen molar-refractivity contribution in [3.05, 3.63) is 83.9 Å². The molecule has 0 saturated carbocycles. The summed E-state index contributed by atoms with van der Waals surface area (Å²) in [6.45, 7) is 5.18. The predicted molar refractivity (Wildman–Crippen MR) is 130 cm³/mol. The summed E-state index contributed by atoms with van der Waals surface area (Å²) in [5.74, 6) is 2.02. The number of aromatic nitrogens is 2. The number of anilines is 2. The molecule has 2 N–H and O–H groups in total. The Morgan fingerprint density at radius 3 is 2.61 bits per heavy atom. The van der Waals surface area contributed by atoms with Crippen LogP contribution in [0.3, 0.4) is 0 Å². The van der Waals surface area contributed by atoms with Crippen molar-refractivity contribution < 1.29 is 13.2 Å². The summed E-state index contributed by atoms with van der Waals surface area (Å²) < 4.78 is 29.4. The van der Waals surface area contributed by atoms with Gasteiger partial charge in [-0.2, -0.15) is 0 Å². The molecular weight excluding hydrogens is 462 g/mol. The van der Waals surface area contributed by atoms with Gasteiger partial charge >= 0.3 is 0 Å². The first-order valence-electron chi connectivity index (χ1n) is 10.2. The number of ether oxygens (including phenoxy) is 1. The molecule has 8 nitrogen and oxygen atoms in total. The van der Waals surface area contributed by atoms with Crippen LogP contribution in [0.5, 0.6) is 11.6 Å². The van der Waals surface area contributed by atoms with Gasteiger partial charge in [-0.25, -0.2) is 18.4 Å². The molecule has 33 heavy (non-hydrogen) atoms. The van der Waals surface area contributed by atoms with E-state index < -0.39 is 9.84 Å². The zero-order valence-corrected chi connectivity index (χ0v) is 19.6. The highest BCUT2D eigenvalue weighted by atomic mass is 35.5. The van der Waals surface area contributed by atoms with Crippen molar-refractivity contribution in [2.75, 3.05) is 35.7 Å². The lowest BCUT2D eigenvalue weighted by molar-refractivity contribution is 0.406. The third-order valence-corrected chi connectivity index (χ3v) is 6.47. The van der Waals surface area contributed by atoms with Crippen LogP contribution in [0, 0.1) is 0 Å². The summed E-state index contributed by atoms with van der Waals surface area (Å²) in [6.07, 6.45) is 4.13. The second kappa shape index (κ2) is 9.29. The number of nitrogen functional groups attached to an aromatic ring is 1. The lowest BCUT2D eigenvalue weighted by atomic mass is 10.1. The van der Waals surface area contributed by atoms with E-state index in [0.717, 1.165) is 17.1 Å². The topological polar surface area (TPSA) is 102 Å². The van der Waals surface area contributed by atoms with Gasteiger partial charge in [-0.3, -0.25) is 0 Å². The Morgan fingerprint density at radius 1 is 1.18 bits per heavy atom. The molecule has 0 radical (unpaired) electrons. The number of nitrogens with two attached hydrogens (primary N) is 1. The Morgan fingerprint density at radius 2 is 1.94 bits per heavy atom. The zero-order valence-electron chi connectivity index (χ0n) is 18.1. The first kappa shape index (κ1) is 22.9. The second-order valence-corrected chi connectivity index (χ2v) is 10.5. The molecule has 1 atom stereocenters. The number of hydrogen-bond acceptors (Lipinski definition) is 8. The van der Waals surface area contributed by atoms with Crippen LogP contribution in [0.1, 0.15) is 11.6 Å². The van der Waals surface area contributed by atoms with Crippen LogP contribution in [0.15, 0.2) is 73.3 Å². The van der Waals surface area contributed by atoms with Crippen molar-refractivity contribution in [3.63, 3.8) is 0 Å². The number of benzene rings is 2. The SMILES string of the molecule is C=C1N(CCS(C)(=O)=O)C[C@H](c2cccc(Oc3cnc(N)cn3)c2)N1c1ccc(Cl)cc1. The van der Waals surface area contributed by atoms with E-state index in [0.29, 0.717) is 35.6 Å². The van der Waals surface area contributed by atoms with Crippen molar-refractivity contribution >= 4 is 32.9 Å². The van der Waals surface area contributed by atoms with E-state index in [-0.39, 0.29) is 11.8 Å². The lowest BCUT2D eigenvalue weighted by Gasteiger charge is -2.27. The number of sulfone groups is 1. The maximum atomic E-state index is 11.8. The third-order valence-electron chi connectivity index (χ3n) is 5.30. The zero-order chi connectivity index (χ0) is 23.6. The highest BCUT2D eigenvalue weighted by molar-refractivity contribution is 7.90. The molecule has 4 rings (SSSR count). The lowest BCUT2D eigenvalue weighted by Crippen LogP contribution is -2.27. The summed E-state index contributed by atoms with van der Waals surface area (Å²) >= 11 is 6.09. The monoisotopic (exact) mass is 485 g/mol. The Labute approximate surface area is 198 Å². The second-order valence-electron chi connectivity index (χ2n) is 7.81. The van der Waals surface area contributed by atoms with Crippen LogP contribution in [0.25, 0.3) is 0 Å². The summed E-state index contributed by atoms with van der Waals surface area (Å²) in [6, 6.07) is 15.0. The summed E-state index contributed by atoms with van der Waals surface area (Å²) in [5, 5.41) is 0.633. The quantitative estimate of drug-likeness (QED) is 0.538. The molecule has 0 spiro atoms. The van der Waals surface area contributed by atoms with E-state index in [1.54, 1.807) is 0 Å². The van der Waals surface area contributed by atoms with Gasteiger partial charge in [-0.15, -0.1) is 0 Å². The largest absolute Gasteiger partial charge is 0.437 e. The normalized spacial score (nSPS) is 16.3. The fourth-order valence-corrected chi connectivity index (χ4v) is 4.37. The molecule has 3 aromatic rings. The van der Waals surface area contributed by atoms with Crippen LogP contribution >= 0.6 is 11.6 Å². The van der Waals surface area contributed by atoms with Gasteiger partial charge in [0.25, 0.3) is 0 Å². The Kier molecular flexibility index (Phi) is 6.44. The average molecular weight is 486 g/mol. The summed E-state index contributed by atoms with van der Waals surface area (Å²) in [7, 11) is -3.11. The smallest absolute Gasteiger partial charge is 0.237 e. The van der Waals surface area contributed by atoms with Crippen LogP contribution < -0.4 is 15.4 Å². The van der Waals surface area contributed by atoms with Gasteiger partial charge < -0.3 is 20.3 Å². The molecule has 0 bridgehead atoms. The van der Waals surface area contributed by atoms with E-state index in [9.17, 15) is 8.42 Å². The minimum Gasteiger partial charge on any atom is -0.437 e. The van der Waals surface area contributed by atoms with Gasteiger partial charge in [0.1, 0.15) is 27.2 Å². The number of hydrogen-bond donors (Lipinski definition) is 1. The van der Waals surface area contributed by atoms with Crippen molar-refractivity contribution in [1.82, 2.24) is 14.9 Å². The van der Waals surface area contributed by atoms with Crippen LogP contribution in [-0.2, 0) is 9.84 Å². The molecule has 2 aromatic carbocycles. The minimum absolute atomic E-state index is 0.0478. The third kappa shape index (κ3) is 5.55. The molecule has 2 heterocycles. The van der Waals surface area contributed by atoms with Crippen LogP contribution in [0.2, 0.25) is 5.02 Å². The number of halogens is 1. The van der Waals surface area contributed by atoms with Crippen molar-refractivity contribution in [1.29, 1.82) is 0 Å². The molecule has 172 valence electrons. The maximum Gasteiger partial charge on any atom is 0.237 e. The molecule has 1 aliphatic rings. The molecular formula is C23H24ClN5O3S. The van der Waals surface area contributed by atoms with Crippen molar-refractivity contribution in [3.8, 4) is 11.6 Å². The molecule has 0 amide bonds. The average Bonchev–Trinajstić information content (AvgIpc) is 3.10. The van der Waals surface area contributed by atoms with Crippen LogP contribution in [0.4, 0.5) is 11.5 Å². The Bertz CT molecular complexity index is 1250. The molecule has 0 unspecified atom stereocenters. The number of rotatable bonds is 7. The Balaban J connectivity index is 1.64. The summed E-state index contributed by atoms with van der Waals surface area (Å²) in [4.78, 5) is 12.2. The number of nitrogens with zero attached hydrogens (tertiary/aromatic N) is 4. The van der Waals surface area contributed by atoms with Gasteiger partial charge in [0.05, 0.1) is 24.2 Å². The maximum absolute atomic E-state index is 11.8. The van der Waals surface area contributed by atoms with Gasteiger partial charge in [-0.1, -0.05) is 30.3 Å². The molecule has 1 aliphatic heterocycles. The van der Waals surface area contributed by atoms with Crippen molar-refractivity contribution in [2.45, 2.75) is 6.04 Å². The fraction of sp³-hybridized carbons (Fsp3) is 0.217.